The molecule has 0 aromatic carbocycles. The van der Waals surface area contributed by atoms with Crippen molar-refractivity contribution >= 4 is 5.97 Å². The minimum Gasteiger partial charge on any atom is -0.476 e. The van der Waals surface area contributed by atoms with E-state index in [9.17, 15) is 4.79 Å². The summed E-state index contributed by atoms with van der Waals surface area (Å²) in [4.78, 5) is 10.4. The Morgan fingerprint density at radius 2 is 2.31 bits per heavy atom. The first-order valence-corrected chi connectivity index (χ1v) is 3.38. The molecule has 2 heterocycles. The van der Waals surface area contributed by atoms with Crippen LogP contribution in [-0.2, 0) is 0 Å². The fourth-order valence-corrected chi connectivity index (χ4v) is 0.836. The number of aromatic carboxylic acids is 1. The molecule has 0 saturated heterocycles. The van der Waals surface area contributed by atoms with Gasteiger partial charge in [-0.15, -0.1) is 0 Å². The maximum Gasteiger partial charge on any atom is 0.358 e. The van der Waals surface area contributed by atoms with Gasteiger partial charge in [0.1, 0.15) is 6.26 Å². The highest BCUT2D eigenvalue weighted by Crippen LogP contribution is 2.17. The van der Waals surface area contributed by atoms with Crippen molar-refractivity contribution in [2.75, 3.05) is 0 Å². The van der Waals surface area contributed by atoms with Gasteiger partial charge in [0.05, 0.1) is 0 Å². The second kappa shape index (κ2) is 2.74. The Hall–Kier alpha value is -2.11. The van der Waals surface area contributed by atoms with Crippen molar-refractivity contribution < 1.29 is 18.9 Å². The molecule has 1 N–H and O–H groups in total. The summed E-state index contributed by atoms with van der Waals surface area (Å²) in [6, 6.07) is 2.83. The fourth-order valence-electron chi connectivity index (χ4n) is 0.836. The Bertz CT molecular complexity index is 417. The van der Waals surface area contributed by atoms with E-state index in [1.54, 1.807) is 6.07 Å². The van der Waals surface area contributed by atoms with E-state index in [-0.39, 0.29) is 11.5 Å². The SMILES string of the molecule is O=C(O)c1cc(-c2ccon2)on1. The van der Waals surface area contributed by atoms with E-state index in [4.69, 9.17) is 9.63 Å². The number of carbonyl (C=O) groups is 1. The van der Waals surface area contributed by atoms with Gasteiger partial charge in [-0.25, -0.2) is 4.79 Å². The molecule has 0 unspecified atom stereocenters. The molecule has 2 aromatic rings. The molecule has 66 valence electrons. The topological polar surface area (TPSA) is 89.4 Å². The van der Waals surface area contributed by atoms with Crippen LogP contribution >= 0.6 is 0 Å². The summed E-state index contributed by atoms with van der Waals surface area (Å²) in [7, 11) is 0. The average molecular weight is 180 g/mol. The van der Waals surface area contributed by atoms with Crippen LogP contribution in [0.1, 0.15) is 10.5 Å². The Kier molecular flexibility index (Phi) is 1.59. The number of hydrogen-bond acceptors (Lipinski definition) is 5. The van der Waals surface area contributed by atoms with Crippen LogP contribution in [0.3, 0.4) is 0 Å². The minimum atomic E-state index is -1.14. The maximum absolute atomic E-state index is 10.4. The van der Waals surface area contributed by atoms with Crippen molar-refractivity contribution in [1.29, 1.82) is 0 Å². The van der Waals surface area contributed by atoms with Crippen molar-refractivity contribution in [1.82, 2.24) is 10.3 Å². The predicted octanol–water partition coefficient (Wildman–Crippen LogP) is 1.03. The van der Waals surface area contributed by atoms with Gasteiger partial charge in [-0.1, -0.05) is 10.3 Å². The predicted molar refractivity (Wildman–Crippen MR) is 39.0 cm³/mol. The molecular weight excluding hydrogens is 176 g/mol. The number of rotatable bonds is 2. The zero-order chi connectivity index (χ0) is 9.26. The highest BCUT2D eigenvalue weighted by atomic mass is 16.5. The number of carboxylic acids is 1. The molecule has 0 fully saturated rings. The molecule has 0 radical (unpaired) electrons. The Morgan fingerprint density at radius 3 is 2.85 bits per heavy atom. The number of aromatic nitrogens is 2. The van der Waals surface area contributed by atoms with E-state index in [1.165, 1.54) is 12.3 Å². The second-order valence-electron chi connectivity index (χ2n) is 2.27. The first-order chi connectivity index (χ1) is 6.27. The van der Waals surface area contributed by atoms with Crippen LogP contribution in [0.2, 0.25) is 0 Å². The van der Waals surface area contributed by atoms with E-state index in [1.807, 2.05) is 0 Å². The molecule has 0 spiro atoms. The van der Waals surface area contributed by atoms with Crippen molar-refractivity contribution in [3.05, 3.63) is 24.1 Å². The summed E-state index contributed by atoms with van der Waals surface area (Å²) in [5, 5.41) is 15.4. The molecule has 0 atom stereocenters. The summed E-state index contributed by atoms with van der Waals surface area (Å²) in [5.74, 6) is -0.871. The van der Waals surface area contributed by atoms with Gasteiger partial charge in [0.15, 0.2) is 17.1 Å². The lowest BCUT2D eigenvalue weighted by Gasteiger charge is -1.80. The van der Waals surface area contributed by atoms with E-state index >= 15 is 0 Å². The van der Waals surface area contributed by atoms with Crippen LogP contribution in [0.15, 0.2) is 27.4 Å². The summed E-state index contributed by atoms with van der Waals surface area (Å²) >= 11 is 0. The third-order valence-corrected chi connectivity index (χ3v) is 1.42. The van der Waals surface area contributed by atoms with Gasteiger partial charge in [-0.3, -0.25) is 0 Å². The Morgan fingerprint density at radius 1 is 1.46 bits per heavy atom. The zero-order valence-electron chi connectivity index (χ0n) is 6.30. The molecule has 0 bridgehead atoms. The Labute approximate surface area is 71.7 Å². The van der Waals surface area contributed by atoms with E-state index in [0.717, 1.165) is 0 Å². The molecule has 0 aliphatic carbocycles. The van der Waals surface area contributed by atoms with Gasteiger partial charge in [0.25, 0.3) is 0 Å². The molecule has 0 amide bonds. The minimum absolute atomic E-state index is 0.155. The average Bonchev–Trinajstić information content (AvgIpc) is 2.75. The van der Waals surface area contributed by atoms with E-state index in [0.29, 0.717) is 5.69 Å². The lowest BCUT2D eigenvalue weighted by molar-refractivity contribution is 0.0686. The molecule has 0 saturated carbocycles. The summed E-state index contributed by atoms with van der Waals surface area (Å²) in [6.07, 6.45) is 1.36. The highest BCUT2D eigenvalue weighted by molar-refractivity contribution is 5.86. The number of carboxylic acid groups (broad SMARTS) is 1. The van der Waals surface area contributed by atoms with Gasteiger partial charge >= 0.3 is 5.97 Å². The summed E-state index contributed by atoms with van der Waals surface area (Å²) in [5.41, 5.74) is 0.262. The van der Waals surface area contributed by atoms with Crippen LogP contribution in [-0.4, -0.2) is 21.4 Å². The third-order valence-electron chi connectivity index (χ3n) is 1.42. The highest BCUT2D eigenvalue weighted by Gasteiger charge is 2.13. The van der Waals surface area contributed by atoms with Crippen molar-refractivity contribution in [2.45, 2.75) is 0 Å². The molecule has 6 heteroatoms. The molecule has 13 heavy (non-hydrogen) atoms. The lowest BCUT2D eigenvalue weighted by atomic mass is 10.3. The van der Waals surface area contributed by atoms with Crippen molar-refractivity contribution in [2.24, 2.45) is 0 Å². The number of hydrogen-bond donors (Lipinski definition) is 1. The molecule has 2 rings (SSSR count). The lowest BCUT2D eigenvalue weighted by Crippen LogP contribution is -1.94. The van der Waals surface area contributed by atoms with Gasteiger partial charge in [-0.05, 0) is 0 Å². The van der Waals surface area contributed by atoms with Gasteiger partial charge in [-0.2, -0.15) is 0 Å². The van der Waals surface area contributed by atoms with Crippen LogP contribution in [0.25, 0.3) is 11.5 Å². The Balaban J connectivity index is 2.39. The van der Waals surface area contributed by atoms with Gasteiger partial charge in [0, 0.05) is 12.1 Å². The molecule has 2 aromatic heterocycles. The summed E-state index contributed by atoms with van der Waals surface area (Å²) < 4.78 is 9.27. The van der Waals surface area contributed by atoms with Crippen molar-refractivity contribution in [3.63, 3.8) is 0 Å². The molecule has 6 nitrogen and oxygen atoms in total. The molecule has 0 aliphatic heterocycles. The second-order valence-corrected chi connectivity index (χ2v) is 2.27. The quantitative estimate of drug-likeness (QED) is 0.742. The monoisotopic (exact) mass is 180 g/mol. The normalized spacial score (nSPS) is 10.2. The van der Waals surface area contributed by atoms with Crippen molar-refractivity contribution in [3.8, 4) is 11.5 Å². The summed E-state index contributed by atoms with van der Waals surface area (Å²) in [6.45, 7) is 0. The largest absolute Gasteiger partial charge is 0.476 e. The maximum atomic E-state index is 10.4. The van der Waals surface area contributed by atoms with Gasteiger partial charge < -0.3 is 14.2 Å². The first kappa shape index (κ1) is 7.53. The van der Waals surface area contributed by atoms with Crippen LogP contribution in [0, 0.1) is 0 Å². The first-order valence-electron chi connectivity index (χ1n) is 3.38. The van der Waals surface area contributed by atoms with Crippen LogP contribution in [0.5, 0.6) is 0 Å². The fraction of sp³-hybridized carbons (Fsp3) is 0. The standard InChI is InChI=1S/C7H4N2O4/c10-7(11)5-3-6(13-9-5)4-1-2-12-8-4/h1-3H,(H,10,11). The van der Waals surface area contributed by atoms with Crippen LogP contribution in [0.4, 0.5) is 0 Å². The molecule has 0 aliphatic rings. The zero-order valence-corrected chi connectivity index (χ0v) is 6.30. The number of nitrogens with zero attached hydrogens (tertiary/aromatic N) is 2. The smallest absolute Gasteiger partial charge is 0.358 e. The van der Waals surface area contributed by atoms with E-state index < -0.39 is 5.97 Å². The third kappa shape index (κ3) is 1.28. The van der Waals surface area contributed by atoms with E-state index in [2.05, 4.69) is 14.8 Å². The van der Waals surface area contributed by atoms with Gasteiger partial charge in [0.2, 0.25) is 0 Å². The van der Waals surface area contributed by atoms with Crippen LogP contribution < -0.4 is 0 Å². The molecular formula is C7H4N2O4.